The number of benzene rings is 3. The third kappa shape index (κ3) is 6.25. The van der Waals surface area contributed by atoms with Gasteiger partial charge in [-0.1, -0.05) is 30.3 Å². The molecule has 3 aromatic carbocycles. The van der Waals surface area contributed by atoms with E-state index in [1.807, 2.05) is 12.1 Å². The van der Waals surface area contributed by atoms with Gasteiger partial charge in [-0.2, -0.15) is 8.78 Å². The van der Waals surface area contributed by atoms with E-state index in [0.717, 1.165) is 5.56 Å². The lowest BCUT2D eigenvalue weighted by atomic mass is 10.1. The van der Waals surface area contributed by atoms with Crippen molar-refractivity contribution in [2.24, 2.45) is 0 Å². The van der Waals surface area contributed by atoms with Crippen LogP contribution in [0.4, 0.5) is 8.78 Å². The fourth-order valence-corrected chi connectivity index (χ4v) is 2.83. The first-order valence-corrected chi connectivity index (χ1v) is 9.62. The van der Waals surface area contributed by atoms with Gasteiger partial charge in [-0.05, 0) is 60.2 Å². The highest BCUT2D eigenvalue weighted by Gasteiger charge is 2.08. The van der Waals surface area contributed by atoms with E-state index < -0.39 is 12.6 Å². The Morgan fingerprint density at radius 2 is 1.56 bits per heavy atom. The average Bonchev–Trinajstić information content (AvgIpc) is 2.81. The van der Waals surface area contributed by atoms with Crippen LogP contribution in [-0.2, 0) is 11.3 Å². The molecule has 0 atom stereocenters. The Balaban J connectivity index is 1.65. The van der Waals surface area contributed by atoms with Crippen molar-refractivity contribution in [3.05, 3.63) is 101 Å². The van der Waals surface area contributed by atoms with Crippen molar-refractivity contribution in [1.82, 2.24) is 0 Å². The lowest BCUT2D eigenvalue weighted by molar-refractivity contribution is -0.0498. The number of alkyl halides is 2. The fourth-order valence-electron chi connectivity index (χ4n) is 2.83. The van der Waals surface area contributed by atoms with Gasteiger partial charge in [0.15, 0.2) is 5.78 Å². The molecule has 0 heterocycles. The lowest BCUT2D eigenvalue weighted by Gasteiger charge is -2.10. The molecule has 0 aliphatic heterocycles. The summed E-state index contributed by atoms with van der Waals surface area (Å²) in [4.78, 5) is 23.9. The van der Waals surface area contributed by atoms with Crippen molar-refractivity contribution in [3.8, 4) is 11.5 Å². The molecule has 0 aliphatic carbocycles. The molecule has 3 aromatic rings. The summed E-state index contributed by atoms with van der Waals surface area (Å²) < 4.78 is 39.3. The Bertz CT molecular complexity index is 1090. The molecule has 0 aliphatic rings. The zero-order valence-electron chi connectivity index (χ0n) is 17.2. The highest BCUT2D eigenvalue weighted by Crippen LogP contribution is 2.22. The van der Waals surface area contributed by atoms with Crippen molar-refractivity contribution >= 4 is 17.8 Å². The molecule has 3 rings (SSSR count). The number of ether oxygens (including phenoxy) is 3. The predicted octanol–water partition coefficient (Wildman–Crippen LogP) is 5.55. The minimum atomic E-state index is -2.92. The van der Waals surface area contributed by atoms with Crippen molar-refractivity contribution in [2.75, 3.05) is 7.11 Å². The summed E-state index contributed by atoms with van der Waals surface area (Å²) in [6.07, 6.45) is 3.01. The van der Waals surface area contributed by atoms with E-state index in [-0.39, 0.29) is 18.1 Å². The van der Waals surface area contributed by atoms with Gasteiger partial charge in [0, 0.05) is 11.1 Å². The number of hydrogen-bond donors (Lipinski definition) is 0. The van der Waals surface area contributed by atoms with Gasteiger partial charge in [0.25, 0.3) is 0 Å². The molecular weight excluding hydrogens is 418 g/mol. The topological polar surface area (TPSA) is 61.8 Å². The Kier molecular flexibility index (Phi) is 7.70. The molecule has 0 fully saturated rings. The third-order valence-corrected chi connectivity index (χ3v) is 4.47. The number of rotatable bonds is 9. The van der Waals surface area contributed by atoms with Crippen LogP contribution in [0.3, 0.4) is 0 Å². The standard InChI is InChI=1S/C25H20F2O5/c1-30-24(29)20-8-6-17(7-9-20)16-31-23-5-3-2-4-19(23)12-15-22(28)18-10-13-21(14-11-18)32-25(26)27/h2-15,25H,16H2,1H3/b15-12+. The van der Waals surface area contributed by atoms with Gasteiger partial charge in [-0.3, -0.25) is 4.79 Å². The summed E-state index contributed by atoms with van der Waals surface area (Å²) in [6, 6.07) is 19.6. The number of halogens is 2. The highest BCUT2D eigenvalue weighted by atomic mass is 19.3. The van der Waals surface area contributed by atoms with Crippen molar-refractivity contribution in [2.45, 2.75) is 13.2 Å². The first-order chi connectivity index (χ1) is 15.5. The van der Waals surface area contributed by atoms with Crippen molar-refractivity contribution in [1.29, 1.82) is 0 Å². The maximum Gasteiger partial charge on any atom is 0.387 e. The van der Waals surface area contributed by atoms with Crippen LogP contribution >= 0.6 is 0 Å². The third-order valence-electron chi connectivity index (χ3n) is 4.47. The molecule has 0 radical (unpaired) electrons. The second-order valence-electron chi connectivity index (χ2n) is 6.62. The number of methoxy groups -OCH3 is 1. The van der Waals surface area contributed by atoms with Crippen molar-refractivity contribution < 1.29 is 32.6 Å². The number of allylic oxidation sites excluding steroid dienone is 1. The molecule has 0 saturated carbocycles. The van der Waals surface area contributed by atoms with Crippen LogP contribution in [0.2, 0.25) is 0 Å². The summed E-state index contributed by atoms with van der Waals surface area (Å²) in [5, 5.41) is 0. The van der Waals surface area contributed by atoms with Crippen LogP contribution in [0.1, 0.15) is 31.8 Å². The lowest BCUT2D eigenvalue weighted by Crippen LogP contribution is -2.02. The summed E-state index contributed by atoms with van der Waals surface area (Å²) >= 11 is 0. The van der Waals surface area contributed by atoms with Gasteiger partial charge in [0.1, 0.15) is 18.1 Å². The number of para-hydroxylation sites is 1. The van der Waals surface area contributed by atoms with E-state index in [1.54, 1.807) is 42.5 Å². The van der Waals surface area contributed by atoms with Crippen LogP contribution in [-0.4, -0.2) is 25.5 Å². The number of esters is 1. The molecular formula is C25H20F2O5. The number of ketones is 1. The molecule has 0 bridgehead atoms. The molecule has 0 aromatic heterocycles. The highest BCUT2D eigenvalue weighted by molar-refractivity contribution is 6.07. The Morgan fingerprint density at radius 3 is 2.22 bits per heavy atom. The maximum atomic E-state index is 12.4. The summed E-state index contributed by atoms with van der Waals surface area (Å²) in [6.45, 7) is -2.65. The van der Waals surface area contributed by atoms with Crippen LogP contribution in [0, 0.1) is 0 Å². The molecule has 0 amide bonds. The molecule has 164 valence electrons. The summed E-state index contributed by atoms with van der Waals surface area (Å²) in [5.74, 6) is -0.135. The summed E-state index contributed by atoms with van der Waals surface area (Å²) in [7, 11) is 1.32. The minimum absolute atomic E-state index is 0.0149. The van der Waals surface area contributed by atoms with Crippen LogP contribution in [0.5, 0.6) is 11.5 Å². The molecule has 0 unspecified atom stereocenters. The van der Waals surface area contributed by atoms with E-state index in [4.69, 9.17) is 4.74 Å². The van der Waals surface area contributed by atoms with E-state index in [0.29, 0.717) is 22.4 Å². The van der Waals surface area contributed by atoms with Crippen LogP contribution in [0.25, 0.3) is 6.08 Å². The average molecular weight is 438 g/mol. The van der Waals surface area contributed by atoms with E-state index in [1.165, 1.54) is 37.5 Å². The predicted molar refractivity (Wildman–Crippen MR) is 115 cm³/mol. The first kappa shape index (κ1) is 22.7. The molecule has 5 nitrogen and oxygen atoms in total. The zero-order chi connectivity index (χ0) is 22.9. The smallest absolute Gasteiger partial charge is 0.387 e. The molecule has 0 N–H and O–H groups in total. The van der Waals surface area contributed by atoms with E-state index >= 15 is 0 Å². The van der Waals surface area contributed by atoms with Gasteiger partial charge in [-0.15, -0.1) is 0 Å². The second kappa shape index (κ2) is 10.9. The SMILES string of the molecule is COC(=O)c1ccc(COc2ccccc2/C=C/C(=O)c2ccc(OC(F)F)cc2)cc1. The number of carbonyl (C=O) groups is 2. The molecule has 32 heavy (non-hydrogen) atoms. The minimum Gasteiger partial charge on any atom is -0.488 e. The fraction of sp³-hybridized carbons (Fsp3) is 0.120. The van der Waals surface area contributed by atoms with Gasteiger partial charge < -0.3 is 14.2 Å². The molecule has 0 saturated heterocycles. The van der Waals surface area contributed by atoms with Gasteiger partial charge in [-0.25, -0.2) is 4.79 Å². The Morgan fingerprint density at radius 1 is 0.906 bits per heavy atom. The van der Waals surface area contributed by atoms with E-state index in [9.17, 15) is 18.4 Å². The van der Waals surface area contributed by atoms with Crippen LogP contribution < -0.4 is 9.47 Å². The number of hydrogen-bond acceptors (Lipinski definition) is 5. The normalized spacial score (nSPS) is 10.9. The molecule has 7 heteroatoms. The first-order valence-electron chi connectivity index (χ1n) is 9.62. The Labute approximate surface area is 183 Å². The zero-order valence-corrected chi connectivity index (χ0v) is 17.2. The number of carbonyl (C=O) groups excluding carboxylic acids is 2. The van der Waals surface area contributed by atoms with Gasteiger partial charge >= 0.3 is 12.6 Å². The van der Waals surface area contributed by atoms with Gasteiger partial charge in [0.2, 0.25) is 0 Å². The largest absolute Gasteiger partial charge is 0.488 e. The van der Waals surface area contributed by atoms with E-state index in [2.05, 4.69) is 9.47 Å². The summed E-state index contributed by atoms with van der Waals surface area (Å²) in [5.41, 5.74) is 2.35. The maximum absolute atomic E-state index is 12.4. The second-order valence-corrected chi connectivity index (χ2v) is 6.62. The van der Waals surface area contributed by atoms with Gasteiger partial charge in [0.05, 0.1) is 12.7 Å². The monoisotopic (exact) mass is 438 g/mol. The van der Waals surface area contributed by atoms with Crippen LogP contribution in [0.15, 0.2) is 78.9 Å². The molecule has 0 spiro atoms. The quantitative estimate of drug-likeness (QED) is 0.249. The Hall–Kier alpha value is -4.00. The van der Waals surface area contributed by atoms with Crippen molar-refractivity contribution in [3.63, 3.8) is 0 Å².